The molecular weight excluding hydrogens is 314 g/mol. The number of carboxylic acid groups (broad SMARTS) is 1. The molecule has 0 unspecified atom stereocenters. The van der Waals surface area contributed by atoms with Gasteiger partial charge >= 0.3 is 5.97 Å². The normalized spacial score (nSPS) is 14.8. The first-order chi connectivity index (χ1) is 12.2. The van der Waals surface area contributed by atoms with Gasteiger partial charge in [0.1, 0.15) is 5.75 Å². The number of ether oxygens (including phenoxy) is 1. The minimum absolute atomic E-state index is 0.347. The highest BCUT2D eigenvalue weighted by molar-refractivity contribution is 5.87. The van der Waals surface area contributed by atoms with Crippen LogP contribution in [0.2, 0.25) is 0 Å². The number of aromatic carboxylic acids is 1. The molecule has 2 aromatic rings. The van der Waals surface area contributed by atoms with Crippen molar-refractivity contribution < 1.29 is 14.6 Å². The molecule has 4 heteroatoms. The zero-order valence-electron chi connectivity index (χ0n) is 14.4. The maximum atomic E-state index is 11.1. The Hall–Kier alpha value is -2.59. The predicted molar refractivity (Wildman–Crippen MR) is 98.9 cm³/mol. The van der Waals surface area contributed by atoms with Crippen LogP contribution >= 0.6 is 0 Å². The molecule has 130 valence electrons. The van der Waals surface area contributed by atoms with Crippen LogP contribution < -0.4 is 4.74 Å². The van der Waals surface area contributed by atoms with Crippen LogP contribution in [-0.4, -0.2) is 35.7 Å². The highest BCUT2D eigenvalue weighted by atomic mass is 16.5. The number of carbonyl (C=O) groups is 1. The summed E-state index contributed by atoms with van der Waals surface area (Å²) in [6, 6.07) is 15.4. The summed E-state index contributed by atoms with van der Waals surface area (Å²) in [5, 5.41) is 9.10. The molecule has 1 heterocycles. The highest BCUT2D eigenvalue weighted by Gasteiger charge is 2.14. The first-order valence-electron chi connectivity index (χ1n) is 8.62. The molecule has 0 saturated carbocycles. The van der Waals surface area contributed by atoms with Crippen LogP contribution in [0.15, 0.2) is 54.6 Å². The molecule has 0 fully saturated rings. The molecule has 0 atom stereocenters. The van der Waals surface area contributed by atoms with Crippen molar-refractivity contribution in [3.63, 3.8) is 0 Å². The van der Waals surface area contributed by atoms with Gasteiger partial charge in [0.2, 0.25) is 0 Å². The van der Waals surface area contributed by atoms with Gasteiger partial charge in [-0.15, -0.1) is 0 Å². The van der Waals surface area contributed by atoms with Crippen molar-refractivity contribution in [3.8, 4) is 5.75 Å². The number of nitrogens with zero attached hydrogens (tertiary/aromatic N) is 1. The molecule has 0 aliphatic carbocycles. The van der Waals surface area contributed by atoms with E-state index in [1.807, 2.05) is 31.2 Å². The first-order valence-corrected chi connectivity index (χ1v) is 8.62. The van der Waals surface area contributed by atoms with Gasteiger partial charge < -0.3 is 9.84 Å². The second-order valence-corrected chi connectivity index (χ2v) is 6.18. The zero-order chi connectivity index (χ0) is 17.6. The van der Waals surface area contributed by atoms with Gasteiger partial charge in [-0.05, 0) is 54.3 Å². The summed E-state index contributed by atoms with van der Waals surface area (Å²) in [5.41, 5.74) is 3.99. The number of hydrogen-bond donors (Lipinski definition) is 1. The van der Waals surface area contributed by atoms with Crippen molar-refractivity contribution in [2.45, 2.75) is 19.9 Å². The third-order valence-corrected chi connectivity index (χ3v) is 4.41. The second-order valence-electron chi connectivity index (χ2n) is 6.18. The molecule has 0 aromatic heterocycles. The van der Waals surface area contributed by atoms with Crippen molar-refractivity contribution in [2.75, 3.05) is 19.7 Å². The number of carboxylic acids is 1. The van der Waals surface area contributed by atoms with Crippen LogP contribution in [0.3, 0.4) is 0 Å². The molecule has 0 spiro atoms. The van der Waals surface area contributed by atoms with E-state index in [0.717, 1.165) is 37.4 Å². The van der Waals surface area contributed by atoms with Gasteiger partial charge in [0.25, 0.3) is 0 Å². The van der Waals surface area contributed by atoms with Crippen LogP contribution in [0, 0.1) is 0 Å². The van der Waals surface area contributed by atoms with Crippen LogP contribution in [0.4, 0.5) is 0 Å². The Morgan fingerprint density at radius 3 is 2.64 bits per heavy atom. The van der Waals surface area contributed by atoms with Crippen LogP contribution in [0.25, 0.3) is 5.57 Å². The fraction of sp³-hybridized carbons (Fsp3) is 0.286. The van der Waals surface area contributed by atoms with E-state index in [9.17, 15) is 4.79 Å². The van der Waals surface area contributed by atoms with Crippen molar-refractivity contribution in [1.29, 1.82) is 0 Å². The lowest BCUT2D eigenvalue weighted by molar-refractivity contribution is 0.0696. The fourth-order valence-corrected chi connectivity index (χ4v) is 3.11. The lowest BCUT2D eigenvalue weighted by Crippen LogP contribution is -2.28. The Morgan fingerprint density at radius 2 is 2.00 bits per heavy atom. The topological polar surface area (TPSA) is 49.8 Å². The molecule has 1 aliphatic heterocycles. The van der Waals surface area contributed by atoms with Gasteiger partial charge in [-0.1, -0.05) is 30.3 Å². The summed E-state index contributed by atoms with van der Waals surface area (Å²) in [4.78, 5) is 13.4. The van der Waals surface area contributed by atoms with Gasteiger partial charge in [-0.2, -0.15) is 0 Å². The fourth-order valence-electron chi connectivity index (χ4n) is 3.11. The van der Waals surface area contributed by atoms with Crippen LogP contribution in [0.1, 0.15) is 34.8 Å². The van der Waals surface area contributed by atoms with E-state index in [4.69, 9.17) is 9.84 Å². The Labute approximate surface area is 148 Å². The van der Waals surface area contributed by atoms with E-state index >= 15 is 0 Å². The van der Waals surface area contributed by atoms with Crippen molar-refractivity contribution in [2.24, 2.45) is 0 Å². The molecule has 1 N–H and O–H groups in total. The average Bonchev–Trinajstić information content (AvgIpc) is 2.64. The summed E-state index contributed by atoms with van der Waals surface area (Å²) in [6.07, 6.45) is 3.26. The minimum Gasteiger partial charge on any atom is -0.494 e. The Bertz CT molecular complexity index is 765. The Kier molecular flexibility index (Phi) is 5.51. The molecule has 3 rings (SSSR count). The SMILES string of the molecule is CCOc1ccc(C2=CCN(Cc3cccc(C(=O)O)c3)CC2)cc1. The summed E-state index contributed by atoms with van der Waals surface area (Å²) in [5.74, 6) is 0.0285. The number of benzene rings is 2. The molecule has 0 saturated heterocycles. The summed E-state index contributed by atoms with van der Waals surface area (Å²) in [6.45, 7) is 5.28. The van der Waals surface area contributed by atoms with E-state index in [0.29, 0.717) is 12.2 Å². The van der Waals surface area contributed by atoms with Gasteiger partial charge in [0.05, 0.1) is 12.2 Å². The summed E-state index contributed by atoms with van der Waals surface area (Å²) < 4.78 is 5.49. The van der Waals surface area contributed by atoms with Gasteiger partial charge in [-0.3, -0.25) is 4.90 Å². The van der Waals surface area contributed by atoms with E-state index in [-0.39, 0.29) is 0 Å². The molecule has 1 aliphatic rings. The molecular formula is C21H23NO3. The third-order valence-electron chi connectivity index (χ3n) is 4.41. The number of hydrogen-bond acceptors (Lipinski definition) is 3. The molecule has 2 aromatic carbocycles. The van der Waals surface area contributed by atoms with Crippen molar-refractivity contribution in [1.82, 2.24) is 4.90 Å². The largest absolute Gasteiger partial charge is 0.494 e. The monoisotopic (exact) mass is 337 g/mol. The number of rotatable bonds is 6. The molecule has 25 heavy (non-hydrogen) atoms. The molecule has 0 radical (unpaired) electrons. The average molecular weight is 337 g/mol. The predicted octanol–water partition coefficient (Wildman–Crippen LogP) is 4.07. The maximum Gasteiger partial charge on any atom is 0.335 e. The lowest BCUT2D eigenvalue weighted by Gasteiger charge is -2.26. The first kappa shape index (κ1) is 17.2. The van der Waals surface area contributed by atoms with Crippen LogP contribution in [0.5, 0.6) is 5.75 Å². The lowest BCUT2D eigenvalue weighted by atomic mass is 9.99. The van der Waals surface area contributed by atoms with Gasteiger partial charge in [-0.25, -0.2) is 4.79 Å². The zero-order valence-corrected chi connectivity index (χ0v) is 14.4. The van der Waals surface area contributed by atoms with E-state index in [2.05, 4.69) is 23.1 Å². The third kappa shape index (κ3) is 4.48. The Balaban J connectivity index is 1.62. The quantitative estimate of drug-likeness (QED) is 0.863. The van der Waals surface area contributed by atoms with Gasteiger partial charge in [0, 0.05) is 19.6 Å². The maximum absolute atomic E-state index is 11.1. The highest BCUT2D eigenvalue weighted by Crippen LogP contribution is 2.25. The smallest absolute Gasteiger partial charge is 0.335 e. The molecule has 0 bridgehead atoms. The second kappa shape index (κ2) is 7.99. The van der Waals surface area contributed by atoms with Crippen molar-refractivity contribution in [3.05, 3.63) is 71.3 Å². The van der Waals surface area contributed by atoms with E-state index in [1.54, 1.807) is 12.1 Å². The van der Waals surface area contributed by atoms with Crippen LogP contribution in [-0.2, 0) is 6.54 Å². The van der Waals surface area contributed by atoms with E-state index in [1.165, 1.54) is 11.1 Å². The van der Waals surface area contributed by atoms with Gasteiger partial charge in [0.15, 0.2) is 0 Å². The molecule has 0 amide bonds. The Morgan fingerprint density at radius 1 is 1.20 bits per heavy atom. The minimum atomic E-state index is -0.877. The molecule has 4 nitrogen and oxygen atoms in total. The van der Waals surface area contributed by atoms with E-state index < -0.39 is 5.97 Å². The summed E-state index contributed by atoms with van der Waals surface area (Å²) >= 11 is 0. The van der Waals surface area contributed by atoms with Crippen molar-refractivity contribution >= 4 is 11.5 Å². The standard InChI is InChI=1S/C21H23NO3/c1-2-25-20-8-6-17(7-9-20)18-10-12-22(13-11-18)15-16-4-3-5-19(14-16)21(23)24/h3-10,14H,2,11-13,15H2,1H3,(H,23,24). The summed E-state index contributed by atoms with van der Waals surface area (Å²) in [7, 11) is 0.